The van der Waals surface area contributed by atoms with Crippen LogP contribution in [-0.4, -0.2) is 0 Å². The Morgan fingerprint density at radius 1 is 1.62 bits per heavy atom. The molecule has 0 aromatic heterocycles. The fraction of sp³-hybridized carbons (Fsp3) is 0.273. The van der Waals surface area contributed by atoms with Crippen molar-refractivity contribution in [2.45, 2.75) is 19.4 Å². The van der Waals surface area contributed by atoms with Gasteiger partial charge in [0.15, 0.2) is 0 Å². The number of rotatable bonds is 3. The highest BCUT2D eigenvalue weighted by Crippen LogP contribution is 2.17. The number of hydrogen-bond donors (Lipinski definition) is 1. The average Bonchev–Trinajstić information content (AvgIpc) is 2.10. The summed E-state index contributed by atoms with van der Waals surface area (Å²) in [6, 6.07) is 4.94. The Bertz CT molecular complexity index is 307. The minimum Gasteiger partial charge on any atom is -0.324 e. The molecule has 1 nitrogen and oxygen atoms in total. The van der Waals surface area contributed by atoms with Crippen LogP contribution in [0.15, 0.2) is 30.9 Å². The Balaban J connectivity index is 2.89. The topological polar surface area (TPSA) is 26.0 Å². The zero-order valence-electron chi connectivity index (χ0n) is 7.76. The van der Waals surface area contributed by atoms with Gasteiger partial charge in [-0.25, -0.2) is 4.39 Å². The van der Waals surface area contributed by atoms with Crippen LogP contribution in [0.3, 0.4) is 0 Å². The molecule has 0 fully saturated rings. The van der Waals surface area contributed by atoms with Crippen LogP contribution in [0.2, 0.25) is 0 Å². The summed E-state index contributed by atoms with van der Waals surface area (Å²) >= 11 is 0. The fourth-order valence-electron chi connectivity index (χ4n) is 1.16. The van der Waals surface area contributed by atoms with Gasteiger partial charge in [-0.1, -0.05) is 18.2 Å². The summed E-state index contributed by atoms with van der Waals surface area (Å²) in [4.78, 5) is 0. The summed E-state index contributed by atoms with van der Waals surface area (Å²) in [6.45, 7) is 5.33. The van der Waals surface area contributed by atoms with Gasteiger partial charge in [-0.15, -0.1) is 6.58 Å². The molecule has 0 spiro atoms. The quantitative estimate of drug-likeness (QED) is 0.709. The van der Waals surface area contributed by atoms with Crippen LogP contribution >= 0.6 is 0 Å². The minimum atomic E-state index is -0.197. The summed E-state index contributed by atoms with van der Waals surface area (Å²) < 4.78 is 13.1. The molecule has 0 amide bonds. The molecule has 0 saturated heterocycles. The number of hydrogen-bond acceptors (Lipinski definition) is 1. The molecule has 1 aromatic rings. The van der Waals surface area contributed by atoms with Gasteiger partial charge in [-0.05, 0) is 30.5 Å². The van der Waals surface area contributed by atoms with Crippen molar-refractivity contribution in [3.8, 4) is 0 Å². The van der Waals surface area contributed by atoms with Gasteiger partial charge in [-0.2, -0.15) is 0 Å². The van der Waals surface area contributed by atoms with E-state index >= 15 is 0 Å². The third-order valence-electron chi connectivity index (χ3n) is 2.04. The Labute approximate surface area is 78.1 Å². The second-order valence-corrected chi connectivity index (χ2v) is 3.14. The molecule has 0 aliphatic carbocycles. The second kappa shape index (κ2) is 4.19. The van der Waals surface area contributed by atoms with Crippen molar-refractivity contribution in [3.63, 3.8) is 0 Å². The molecular weight excluding hydrogens is 165 g/mol. The molecule has 0 saturated carbocycles. The van der Waals surface area contributed by atoms with Crippen molar-refractivity contribution in [2.75, 3.05) is 0 Å². The largest absolute Gasteiger partial charge is 0.324 e. The highest BCUT2D eigenvalue weighted by molar-refractivity contribution is 5.25. The Hall–Kier alpha value is -1.15. The maximum atomic E-state index is 13.1. The van der Waals surface area contributed by atoms with Crippen LogP contribution in [-0.2, 0) is 0 Å². The molecule has 1 rings (SSSR count). The van der Waals surface area contributed by atoms with Crippen molar-refractivity contribution in [3.05, 3.63) is 47.8 Å². The van der Waals surface area contributed by atoms with E-state index in [1.54, 1.807) is 19.1 Å². The van der Waals surface area contributed by atoms with E-state index in [9.17, 15) is 4.39 Å². The Morgan fingerprint density at radius 3 is 2.85 bits per heavy atom. The van der Waals surface area contributed by atoms with Crippen LogP contribution in [0.25, 0.3) is 0 Å². The molecule has 0 aliphatic rings. The molecule has 0 bridgehead atoms. The zero-order chi connectivity index (χ0) is 9.84. The van der Waals surface area contributed by atoms with E-state index in [1.807, 2.05) is 6.07 Å². The first-order valence-electron chi connectivity index (χ1n) is 4.27. The zero-order valence-corrected chi connectivity index (χ0v) is 7.76. The fourth-order valence-corrected chi connectivity index (χ4v) is 1.16. The van der Waals surface area contributed by atoms with Gasteiger partial charge < -0.3 is 5.73 Å². The lowest BCUT2D eigenvalue weighted by atomic mass is 10.0. The van der Waals surface area contributed by atoms with E-state index in [-0.39, 0.29) is 11.9 Å². The maximum Gasteiger partial charge on any atom is 0.126 e. The molecule has 2 N–H and O–H groups in total. The van der Waals surface area contributed by atoms with Crippen molar-refractivity contribution < 1.29 is 4.39 Å². The molecule has 0 aliphatic heterocycles. The van der Waals surface area contributed by atoms with Crippen molar-refractivity contribution in [1.29, 1.82) is 0 Å². The van der Waals surface area contributed by atoms with Gasteiger partial charge in [0.05, 0.1) is 0 Å². The van der Waals surface area contributed by atoms with Gasteiger partial charge in [-0.3, -0.25) is 0 Å². The van der Waals surface area contributed by atoms with Crippen LogP contribution in [0.4, 0.5) is 4.39 Å². The van der Waals surface area contributed by atoms with Crippen LogP contribution in [0, 0.1) is 12.7 Å². The highest BCUT2D eigenvalue weighted by Gasteiger charge is 2.05. The molecule has 70 valence electrons. The third kappa shape index (κ3) is 2.39. The second-order valence-electron chi connectivity index (χ2n) is 3.14. The minimum absolute atomic E-state index is 0.146. The summed E-state index contributed by atoms with van der Waals surface area (Å²) in [5, 5.41) is 0. The number of benzene rings is 1. The lowest BCUT2D eigenvalue weighted by Gasteiger charge is -2.09. The summed E-state index contributed by atoms with van der Waals surface area (Å²) in [5.74, 6) is -0.197. The Morgan fingerprint density at radius 2 is 2.31 bits per heavy atom. The monoisotopic (exact) mass is 179 g/mol. The lowest BCUT2D eigenvalue weighted by molar-refractivity contribution is 0.611. The standard InChI is InChI=1S/C11H14FN/c1-3-4-11(13)9-6-5-8(2)10(12)7-9/h3,5-7,11H,1,4,13H2,2H3/t11-/m1/s1. The predicted octanol–water partition coefficient (Wildman–Crippen LogP) is 2.71. The average molecular weight is 179 g/mol. The van der Waals surface area contributed by atoms with Gasteiger partial charge in [0.1, 0.15) is 5.82 Å². The molecule has 1 aromatic carbocycles. The SMILES string of the molecule is C=CC[C@@H](N)c1ccc(C)c(F)c1. The van der Waals surface area contributed by atoms with E-state index in [1.165, 1.54) is 6.07 Å². The van der Waals surface area contributed by atoms with E-state index in [2.05, 4.69) is 6.58 Å². The third-order valence-corrected chi connectivity index (χ3v) is 2.04. The smallest absolute Gasteiger partial charge is 0.126 e. The van der Waals surface area contributed by atoms with E-state index in [0.717, 1.165) is 5.56 Å². The molecule has 0 unspecified atom stereocenters. The molecule has 0 radical (unpaired) electrons. The van der Waals surface area contributed by atoms with E-state index in [0.29, 0.717) is 12.0 Å². The van der Waals surface area contributed by atoms with Gasteiger partial charge in [0.2, 0.25) is 0 Å². The molecule has 2 heteroatoms. The van der Waals surface area contributed by atoms with E-state index < -0.39 is 0 Å². The van der Waals surface area contributed by atoms with Gasteiger partial charge in [0, 0.05) is 6.04 Å². The van der Waals surface area contributed by atoms with Gasteiger partial charge in [0.25, 0.3) is 0 Å². The van der Waals surface area contributed by atoms with Gasteiger partial charge >= 0.3 is 0 Å². The maximum absolute atomic E-state index is 13.1. The first kappa shape index (κ1) is 9.93. The van der Waals surface area contributed by atoms with E-state index in [4.69, 9.17) is 5.73 Å². The van der Waals surface area contributed by atoms with Crippen LogP contribution < -0.4 is 5.73 Å². The predicted molar refractivity (Wildman–Crippen MR) is 52.9 cm³/mol. The molecule has 1 atom stereocenters. The number of nitrogens with two attached hydrogens (primary N) is 1. The first-order chi connectivity index (χ1) is 6.15. The van der Waals surface area contributed by atoms with Crippen molar-refractivity contribution in [2.24, 2.45) is 5.73 Å². The van der Waals surface area contributed by atoms with Crippen molar-refractivity contribution >= 4 is 0 Å². The van der Waals surface area contributed by atoms with Crippen LogP contribution in [0.1, 0.15) is 23.6 Å². The summed E-state index contributed by atoms with van der Waals surface area (Å²) in [5.41, 5.74) is 7.26. The summed E-state index contributed by atoms with van der Waals surface area (Å²) in [7, 11) is 0. The lowest BCUT2D eigenvalue weighted by Crippen LogP contribution is -2.09. The summed E-state index contributed by atoms with van der Waals surface area (Å²) in [6.07, 6.45) is 2.41. The Kier molecular flexibility index (Phi) is 3.20. The number of aryl methyl sites for hydroxylation is 1. The van der Waals surface area contributed by atoms with Crippen LogP contribution in [0.5, 0.6) is 0 Å². The molecule has 0 heterocycles. The highest BCUT2D eigenvalue weighted by atomic mass is 19.1. The first-order valence-corrected chi connectivity index (χ1v) is 4.27. The van der Waals surface area contributed by atoms with Crippen molar-refractivity contribution in [1.82, 2.24) is 0 Å². The molecular formula is C11H14FN. The molecule has 13 heavy (non-hydrogen) atoms. The number of halogens is 1. The normalized spacial score (nSPS) is 12.5.